The van der Waals surface area contributed by atoms with Crippen LogP contribution in [0.2, 0.25) is 0 Å². The molecule has 0 aliphatic carbocycles. The Morgan fingerprint density at radius 1 is 1.09 bits per heavy atom. The third-order valence-corrected chi connectivity index (χ3v) is 7.27. The first-order valence-corrected chi connectivity index (χ1v) is 11.9. The van der Waals surface area contributed by atoms with Crippen molar-refractivity contribution in [1.29, 1.82) is 0 Å². The summed E-state index contributed by atoms with van der Waals surface area (Å²) in [6.07, 6.45) is -5.85. The van der Waals surface area contributed by atoms with Crippen LogP contribution in [-0.4, -0.2) is 49.6 Å². The van der Waals surface area contributed by atoms with E-state index in [0.717, 1.165) is 10.8 Å². The van der Waals surface area contributed by atoms with Crippen LogP contribution in [0, 0.1) is 0 Å². The first kappa shape index (κ1) is 41.5. The van der Waals surface area contributed by atoms with E-state index in [1.165, 1.54) is 7.05 Å². The van der Waals surface area contributed by atoms with Gasteiger partial charge in [0.2, 0.25) is 0 Å². The van der Waals surface area contributed by atoms with E-state index in [-0.39, 0.29) is 124 Å². The second-order valence-electron chi connectivity index (χ2n) is 5.79. The zero-order valence-corrected chi connectivity index (χ0v) is 29.3. The number of nitrogens with zero attached hydrogens (tertiary/aromatic N) is 2. The molecule has 2 heterocycles. The Kier molecular flexibility index (Phi) is 19.9. The van der Waals surface area contributed by atoms with E-state index < -0.39 is 66.1 Å². The summed E-state index contributed by atoms with van der Waals surface area (Å²) in [7, 11) is -16.6. The van der Waals surface area contributed by atoms with Gasteiger partial charge in [-0.2, -0.15) is 0 Å². The van der Waals surface area contributed by atoms with Crippen LogP contribution in [0.4, 0.5) is 0 Å². The van der Waals surface area contributed by atoms with Crippen LogP contribution in [0.15, 0.2) is 11.0 Å². The molecule has 1 aliphatic rings. The molecule has 0 spiro atoms. The third-order valence-electron chi connectivity index (χ3n) is 3.55. The zero-order chi connectivity index (χ0) is 23.1. The maximum atomic E-state index is 11.8. The molecule has 2 rings (SSSR count). The fourth-order valence-electron chi connectivity index (χ4n) is 2.34. The van der Waals surface area contributed by atoms with Crippen LogP contribution < -0.4 is 144 Å². The largest absolute Gasteiger partial charge is 1.00 e. The van der Waals surface area contributed by atoms with Crippen molar-refractivity contribution < 1.29 is 185 Å². The summed E-state index contributed by atoms with van der Waals surface area (Å²) in [5.41, 5.74) is -1.25. The number of aryl methyl sites for hydroxylation is 1. The van der Waals surface area contributed by atoms with Gasteiger partial charge in [0.05, 0.1) is 14.4 Å². The van der Waals surface area contributed by atoms with Crippen LogP contribution in [-0.2, 0) is 38.6 Å². The molecule has 1 saturated heterocycles. The Labute approximate surface area is 280 Å². The Hall–Kier alpha value is 2.97. The summed E-state index contributed by atoms with van der Waals surface area (Å²) in [6, 6.07) is 0. The molecule has 17 nitrogen and oxygen atoms in total. The van der Waals surface area contributed by atoms with E-state index in [1.807, 2.05) is 0 Å². The van der Waals surface area contributed by atoms with Crippen LogP contribution in [0.25, 0.3) is 0 Å². The summed E-state index contributed by atoms with van der Waals surface area (Å²) >= 11 is 0. The Bertz CT molecular complexity index is 1010. The van der Waals surface area contributed by atoms with Crippen molar-refractivity contribution in [3.63, 3.8) is 0 Å². The van der Waals surface area contributed by atoms with Gasteiger partial charge in [0, 0.05) is 24.7 Å². The SMILES string of the molecule is Cn1cc([C@@H]2O[C@H](COP(=O)([O-])OP(=O)(O)OP(=O)([O-])[O-])[C@@H](O)[C@H]2O)c([O-])nc1=O.[Na+].[Na+].[Na+].[Na+]. The van der Waals surface area contributed by atoms with Crippen molar-refractivity contribution in [2.24, 2.45) is 7.05 Å². The van der Waals surface area contributed by atoms with E-state index in [4.69, 9.17) is 9.63 Å². The van der Waals surface area contributed by atoms with Crippen molar-refractivity contribution >= 4 is 23.5 Å². The number of aliphatic hydroxyl groups is 2. The summed E-state index contributed by atoms with van der Waals surface area (Å²) in [4.78, 5) is 55.5. The minimum absolute atomic E-state index is 0. The predicted octanol–water partition coefficient (Wildman–Crippen LogP) is -16.5. The van der Waals surface area contributed by atoms with Crippen LogP contribution in [0.5, 0.6) is 5.88 Å². The van der Waals surface area contributed by atoms with Gasteiger partial charge in [-0.1, -0.05) is 0 Å². The van der Waals surface area contributed by atoms with Gasteiger partial charge in [0.25, 0.3) is 7.82 Å². The van der Waals surface area contributed by atoms with Crippen molar-refractivity contribution in [2.45, 2.75) is 24.4 Å². The Balaban J connectivity index is -0.00000240. The van der Waals surface area contributed by atoms with Gasteiger partial charge >= 0.3 is 132 Å². The first-order valence-electron chi connectivity index (χ1n) is 7.50. The fraction of sp³-hybridized carbons (Fsp3) is 0.600. The van der Waals surface area contributed by atoms with Gasteiger partial charge < -0.3 is 53.3 Å². The molecule has 1 aromatic heterocycles. The number of rotatable bonds is 8. The monoisotopic (exact) mass is 586 g/mol. The quantitative estimate of drug-likeness (QED) is 0.188. The average Bonchev–Trinajstić information content (AvgIpc) is 2.81. The smallest absolute Gasteiger partial charge is 0.858 e. The number of ether oxygens (including phenoxy) is 1. The zero-order valence-electron chi connectivity index (χ0n) is 18.6. The number of aromatic nitrogens is 2. The van der Waals surface area contributed by atoms with E-state index in [9.17, 15) is 48.5 Å². The topological polar surface area (TPSA) is 276 Å². The van der Waals surface area contributed by atoms with Crippen LogP contribution in [0.1, 0.15) is 11.7 Å². The van der Waals surface area contributed by atoms with Gasteiger partial charge in [0.15, 0.2) is 0 Å². The number of aliphatic hydroxyl groups excluding tert-OH is 2. The van der Waals surface area contributed by atoms with Gasteiger partial charge in [-0.05, 0) is 0 Å². The summed E-state index contributed by atoms with van der Waals surface area (Å²) in [6.45, 7) is -1.14. The van der Waals surface area contributed by atoms with E-state index in [0.29, 0.717) is 0 Å². The minimum atomic E-state index is -6.10. The van der Waals surface area contributed by atoms with E-state index >= 15 is 0 Å². The molecule has 1 aliphatic heterocycles. The molecule has 34 heavy (non-hydrogen) atoms. The molecule has 3 N–H and O–H groups in total. The molecule has 2 unspecified atom stereocenters. The molecule has 6 atom stereocenters. The maximum absolute atomic E-state index is 11.8. The van der Waals surface area contributed by atoms with E-state index in [1.54, 1.807) is 0 Å². The van der Waals surface area contributed by atoms with Crippen molar-refractivity contribution in [1.82, 2.24) is 9.55 Å². The molecule has 1 fully saturated rings. The molecule has 0 saturated carbocycles. The van der Waals surface area contributed by atoms with Gasteiger partial charge in [0.1, 0.15) is 24.4 Å². The molecule has 24 heteroatoms. The Morgan fingerprint density at radius 2 is 1.62 bits per heavy atom. The summed E-state index contributed by atoms with van der Waals surface area (Å²) in [5, 5.41) is 31.8. The Morgan fingerprint density at radius 3 is 2.12 bits per heavy atom. The standard InChI is InChI=1S/C10H17N2O15P3.4Na/c1-12-2-4(9(15)11-10(12)16)8-7(14)6(13)5(25-8)3-24-29(20,21)27-30(22,23)26-28(17,18)19;;;;/h2,5-8,13-14H,3H2,1H3,(H,20,21)(H,22,23)(H,11,15,16)(H2,17,18,19);;;;/q;4*+1/p-4/t5-,6-,7-,8+;;;;/m1..../s1. The molecular formula is C10H13N2Na4O15P3. The van der Waals surface area contributed by atoms with Gasteiger partial charge in [-0.15, -0.1) is 0 Å². The van der Waals surface area contributed by atoms with Crippen molar-refractivity contribution in [2.75, 3.05) is 6.61 Å². The van der Waals surface area contributed by atoms with E-state index in [2.05, 4.69) is 18.1 Å². The summed E-state index contributed by atoms with van der Waals surface area (Å²) in [5.74, 6) is -1.08. The van der Waals surface area contributed by atoms with Gasteiger partial charge in [-0.25, -0.2) is 18.7 Å². The van der Waals surface area contributed by atoms with Crippen LogP contribution >= 0.6 is 23.5 Å². The van der Waals surface area contributed by atoms with Gasteiger partial charge in [-0.3, -0.25) is 8.88 Å². The second-order valence-corrected chi connectivity index (χ2v) is 10.1. The fourth-order valence-corrected chi connectivity index (χ4v) is 5.27. The number of phosphoric ester groups is 1. The third kappa shape index (κ3) is 12.4. The molecule has 0 amide bonds. The normalized spacial score (nSPS) is 25.4. The molecule has 0 radical (unpaired) electrons. The number of hydrogen-bond acceptors (Lipinski definition) is 15. The first-order chi connectivity index (χ1) is 13.5. The maximum Gasteiger partial charge on any atom is 1.00 e. The predicted molar refractivity (Wildman–Crippen MR) is 81.7 cm³/mol. The second kappa shape index (κ2) is 16.3. The molecule has 0 bridgehead atoms. The summed E-state index contributed by atoms with van der Waals surface area (Å²) < 4.78 is 49.8. The average molecular weight is 586 g/mol. The molecular weight excluding hydrogens is 573 g/mol. The number of phosphoric acid groups is 3. The van der Waals surface area contributed by atoms with Crippen molar-refractivity contribution in [3.05, 3.63) is 22.2 Å². The number of hydrogen-bond donors (Lipinski definition) is 3. The molecule has 1 aromatic rings. The van der Waals surface area contributed by atoms with Crippen molar-refractivity contribution in [3.8, 4) is 5.88 Å². The molecule has 172 valence electrons. The van der Waals surface area contributed by atoms with Crippen LogP contribution in [0.3, 0.4) is 0 Å². The molecule has 0 aromatic carbocycles. The minimum Gasteiger partial charge on any atom is -0.858 e.